The highest BCUT2D eigenvalue weighted by Gasteiger charge is 2.39. The van der Waals surface area contributed by atoms with Gasteiger partial charge in [0, 0.05) is 19.1 Å². The third-order valence-electron chi connectivity index (χ3n) is 4.37. The van der Waals surface area contributed by atoms with Crippen molar-refractivity contribution >= 4 is 5.91 Å². The van der Waals surface area contributed by atoms with Gasteiger partial charge in [-0.2, -0.15) is 0 Å². The third kappa shape index (κ3) is 2.85. The first kappa shape index (κ1) is 13.6. The summed E-state index contributed by atoms with van der Waals surface area (Å²) in [5, 5.41) is 3.29. The second-order valence-corrected chi connectivity index (χ2v) is 6.07. The van der Waals surface area contributed by atoms with E-state index >= 15 is 0 Å². The van der Waals surface area contributed by atoms with Crippen molar-refractivity contribution in [2.75, 3.05) is 13.1 Å². The van der Waals surface area contributed by atoms with Gasteiger partial charge in [0.15, 0.2) is 0 Å². The van der Waals surface area contributed by atoms with E-state index in [0.29, 0.717) is 18.5 Å². The summed E-state index contributed by atoms with van der Waals surface area (Å²) in [6.07, 6.45) is 2.20. The van der Waals surface area contributed by atoms with Crippen molar-refractivity contribution in [2.45, 2.75) is 32.4 Å². The lowest BCUT2D eigenvalue weighted by atomic mass is 9.96. The monoisotopic (exact) mass is 276 g/mol. The largest absolute Gasteiger partial charge is 0.335 e. The van der Waals surface area contributed by atoms with E-state index in [1.807, 2.05) is 4.90 Å². The molecule has 3 nitrogen and oxygen atoms in total. The molecule has 0 radical (unpaired) electrons. The Morgan fingerprint density at radius 1 is 1.30 bits per heavy atom. The lowest BCUT2D eigenvalue weighted by Crippen LogP contribution is -2.39. The summed E-state index contributed by atoms with van der Waals surface area (Å²) in [5.41, 5.74) is 1.00. The van der Waals surface area contributed by atoms with Crippen LogP contribution < -0.4 is 5.32 Å². The number of amides is 1. The van der Waals surface area contributed by atoms with Crippen LogP contribution in [-0.4, -0.2) is 29.9 Å². The Balaban J connectivity index is 1.72. The van der Waals surface area contributed by atoms with Crippen molar-refractivity contribution in [3.05, 3.63) is 35.6 Å². The molecule has 1 heterocycles. The van der Waals surface area contributed by atoms with E-state index in [1.165, 1.54) is 12.1 Å². The zero-order valence-electron chi connectivity index (χ0n) is 11.8. The van der Waals surface area contributed by atoms with E-state index in [9.17, 15) is 9.18 Å². The second kappa shape index (κ2) is 5.52. The highest BCUT2D eigenvalue weighted by atomic mass is 19.1. The molecule has 20 heavy (non-hydrogen) atoms. The van der Waals surface area contributed by atoms with Gasteiger partial charge in [-0.25, -0.2) is 4.39 Å². The van der Waals surface area contributed by atoms with Gasteiger partial charge in [-0.05, 0) is 43.0 Å². The lowest BCUT2D eigenvalue weighted by molar-refractivity contribution is -0.137. The van der Waals surface area contributed by atoms with Crippen molar-refractivity contribution < 1.29 is 9.18 Å². The number of benzene rings is 1. The van der Waals surface area contributed by atoms with E-state index in [0.717, 1.165) is 31.5 Å². The number of carbonyl (C=O) groups is 1. The first-order valence-electron chi connectivity index (χ1n) is 7.41. The molecule has 4 heteroatoms. The first-order chi connectivity index (χ1) is 9.65. The minimum Gasteiger partial charge on any atom is -0.335 e. The summed E-state index contributed by atoms with van der Waals surface area (Å²) < 4.78 is 13.0. The smallest absolute Gasteiger partial charge is 0.227 e. The fourth-order valence-corrected chi connectivity index (χ4v) is 2.91. The van der Waals surface area contributed by atoms with Gasteiger partial charge < -0.3 is 10.2 Å². The van der Waals surface area contributed by atoms with Gasteiger partial charge in [-0.15, -0.1) is 0 Å². The molecule has 0 aromatic heterocycles. The Hall–Kier alpha value is -1.42. The van der Waals surface area contributed by atoms with Crippen LogP contribution in [-0.2, 0) is 11.3 Å². The Labute approximate surface area is 119 Å². The molecule has 1 saturated heterocycles. The first-order valence-corrected chi connectivity index (χ1v) is 7.41. The van der Waals surface area contributed by atoms with Crippen LogP contribution in [0.15, 0.2) is 24.3 Å². The van der Waals surface area contributed by atoms with Crippen molar-refractivity contribution in [3.8, 4) is 0 Å². The summed E-state index contributed by atoms with van der Waals surface area (Å²) in [5.74, 6) is 0.522. The summed E-state index contributed by atoms with van der Waals surface area (Å²) >= 11 is 0. The molecule has 3 rings (SSSR count). The van der Waals surface area contributed by atoms with Crippen LogP contribution in [0.25, 0.3) is 0 Å². The molecule has 0 spiro atoms. The molecule has 0 bridgehead atoms. The van der Waals surface area contributed by atoms with Gasteiger partial charge in [-0.1, -0.05) is 19.1 Å². The predicted molar refractivity (Wildman–Crippen MR) is 75.5 cm³/mol. The summed E-state index contributed by atoms with van der Waals surface area (Å²) in [6.45, 7) is 4.44. The van der Waals surface area contributed by atoms with Gasteiger partial charge >= 0.3 is 0 Å². The Morgan fingerprint density at radius 3 is 2.55 bits per heavy atom. The van der Waals surface area contributed by atoms with Gasteiger partial charge in [0.25, 0.3) is 0 Å². The average Bonchev–Trinajstić information content (AvgIpc) is 3.19. The normalized spacial score (nSPS) is 25.7. The molecule has 1 aromatic carbocycles. The predicted octanol–water partition coefficient (Wildman–Crippen LogP) is 2.17. The van der Waals surface area contributed by atoms with Crippen LogP contribution in [0.1, 0.15) is 25.3 Å². The zero-order valence-corrected chi connectivity index (χ0v) is 11.8. The fourth-order valence-electron chi connectivity index (χ4n) is 2.91. The maximum Gasteiger partial charge on any atom is 0.227 e. The zero-order chi connectivity index (χ0) is 14.1. The van der Waals surface area contributed by atoms with Gasteiger partial charge in [0.05, 0.1) is 5.92 Å². The number of nitrogens with zero attached hydrogens (tertiary/aromatic N) is 1. The van der Waals surface area contributed by atoms with Crippen molar-refractivity contribution in [1.82, 2.24) is 10.2 Å². The van der Waals surface area contributed by atoms with Crippen LogP contribution >= 0.6 is 0 Å². The van der Waals surface area contributed by atoms with Crippen LogP contribution in [0.5, 0.6) is 0 Å². The van der Waals surface area contributed by atoms with E-state index in [-0.39, 0.29) is 17.6 Å². The van der Waals surface area contributed by atoms with E-state index in [1.54, 1.807) is 12.1 Å². The molecule has 2 fully saturated rings. The minimum absolute atomic E-state index is 0.0936. The average molecular weight is 276 g/mol. The highest BCUT2D eigenvalue weighted by Crippen LogP contribution is 2.31. The number of hydrogen-bond donors (Lipinski definition) is 1. The fraction of sp³-hybridized carbons (Fsp3) is 0.562. The number of nitrogens with one attached hydrogen (secondary N) is 1. The highest BCUT2D eigenvalue weighted by molar-refractivity contribution is 5.80. The van der Waals surface area contributed by atoms with Crippen LogP contribution in [0.3, 0.4) is 0 Å². The maximum atomic E-state index is 13.0. The Bertz CT molecular complexity index is 484. The Kier molecular flexibility index (Phi) is 3.74. The molecule has 1 amide bonds. The topological polar surface area (TPSA) is 32.3 Å². The number of carbonyl (C=O) groups excluding carboxylic acids is 1. The quantitative estimate of drug-likeness (QED) is 0.914. The summed E-state index contributed by atoms with van der Waals surface area (Å²) in [7, 11) is 0. The van der Waals surface area contributed by atoms with Crippen LogP contribution in [0.2, 0.25) is 0 Å². The SMILES string of the molecule is CC1CNCC1C(=O)N(Cc1ccc(F)cc1)C1CC1. The molecule has 2 atom stereocenters. The number of rotatable bonds is 4. The maximum absolute atomic E-state index is 13.0. The molecule has 1 aliphatic heterocycles. The molecule has 1 aromatic rings. The molecule has 1 N–H and O–H groups in total. The van der Waals surface area contributed by atoms with E-state index < -0.39 is 0 Å². The Morgan fingerprint density at radius 2 is 2.00 bits per heavy atom. The molecular formula is C16H21FN2O. The molecule has 2 aliphatic rings. The molecular weight excluding hydrogens is 255 g/mol. The number of halogens is 1. The third-order valence-corrected chi connectivity index (χ3v) is 4.37. The van der Waals surface area contributed by atoms with Crippen molar-refractivity contribution in [3.63, 3.8) is 0 Å². The molecule has 108 valence electrons. The standard InChI is InChI=1S/C16H21FN2O/c1-11-8-18-9-15(11)16(20)19(14-6-7-14)10-12-2-4-13(17)5-3-12/h2-5,11,14-15,18H,6-10H2,1H3. The van der Waals surface area contributed by atoms with Crippen molar-refractivity contribution in [1.29, 1.82) is 0 Å². The molecule has 1 aliphatic carbocycles. The van der Waals surface area contributed by atoms with Crippen LogP contribution in [0, 0.1) is 17.7 Å². The lowest BCUT2D eigenvalue weighted by Gasteiger charge is -2.27. The van der Waals surface area contributed by atoms with E-state index in [2.05, 4.69) is 12.2 Å². The van der Waals surface area contributed by atoms with E-state index in [4.69, 9.17) is 0 Å². The molecule has 1 saturated carbocycles. The summed E-state index contributed by atoms with van der Waals surface area (Å²) in [6, 6.07) is 6.86. The van der Waals surface area contributed by atoms with Gasteiger partial charge in [0.2, 0.25) is 5.91 Å². The second-order valence-electron chi connectivity index (χ2n) is 6.07. The summed E-state index contributed by atoms with van der Waals surface area (Å²) in [4.78, 5) is 14.7. The van der Waals surface area contributed by atoms with Gasteiger partial charge in [0.1, 0.15) is 5.82 Å². The van der Waals surface area contributed by atoms with Crippen molar-refractivity contribution in [2.24, 2.45) is 11.8 Å². The number of hydrogen-bond acceptors (Lipinski definition) is 2. The van der Waals surface area contributed by atoms with Crippen LogP contribution in [0.4, 0.5) is 4.39 Å². The molecule has 2 unspecified atom stereocenters. The minimum atomic E-state index is -0.230. The van der Waals surface area contributed by atoms with Gasteiger partial charge in [-0.3, -0.25) is 4.79 Å².